The molecule has 7 unspecified atom stereocenters. The predicted molar refractivity (Wildman–Crippen MR) is 319 cm³/mol. The fourth-order valence-electron chi connectivity index (χ4n) is 9.54. The van der Waals surface area contributed by atoms with Crippen molar-refractivity contribution in [2.24, 2.45) is 35.5 Å². The molecular weight excluding hydrogens is 1230 g/mol. The van der Waals surface area contributed by atoms with Gasteiger partial charge in [-0.15, -0.1) is 0 Å². The van der Waals surface area contributed by atoms with Crippen LogP contribution in [0.1, 0.15) is 165 Å². The van der Waals surface area contributed by atoms with Gasteiger partial charge in [-0.2, -0.15) is 8.78 Å². The smallest absolute Gasteiger partial charge is 1.00 e. The molecule has 0 saturated heterocycles. The fourth-order valence-corrected chi connectivity index (χ4v) is 11.5. The van der Waals surface area contributed by atoms with Gasteiger partial charge in [-0.05, 0) is 151 Å². The Morgan fingerprint density at radius 3 is 1.34 bits per heavy atom. The van der Waals surface area contributed by atoms with Gasteiger partial charge in [0.05, 0.1) is 80.9 Å². The van der Waals surface area contributed by atoms with Crippen molar-refractivity contribution in [2.75, 3.05) is 39.6 Å². The minimum Gasteiger partial charge on any atom is -1.00 e. The van der Waals surface area contributed by atoms with E-state index in [4.69, 9.17) is 32.9 Å². The molecule has 3 radical (unpaired) electrons. The van der Waals surface area contributed by atoms with Crippen molar-refractivity contribution in [1.82, 2.24) is 0 Å². The molecule has 7 atom stereocenters. The number of esters is 6. The number of ether oxygens (including phenoxy) is 6. The van der Waals surface area contributed by atoms with Crippen molar-refractivity contribution in [3.05, 3.63) is 23.4 Å². The molecule has 0 aliphatic heterocycles. The first-order valence-electron chi connectivity index (χ1n) is 30.2. The van der Waals surface area contributed by atoms with E-state index in [1.807, 2.05) is 26.6 Å². The molecule has 4 fully saturated rings. The van der Waals surface area contributed by atoms with Gasteiger partial charge in [0.25, 0.3) is 5.92 Å². The number of hydrogen-bond donors (Lipinski definition) is 1. The van der Waals surface area contributed by atoms with E-state index >= 15 is 0 Å². The molecule has 0 aromatic carbocycles. The molecule has 0 bridgehead atoms. The average molecular weight is 1330 g/mol. The van der Waals surface area contributed by atoms with Gasteiger partial charge in [-0.1, -0.05) is 0 Å². The van der Waals surface area contributed by atoms with Gasteiger partial charge in [0.15, 0.2) is 12.0 Å². The maximum atomic E-state index is 13.8. The van der Waals surface area contributed by atoms with E-state index in [0.717, 1.165) is 25.0 Å². The summed E-state index contributed by atoms with van der Waals surface area (Å²) in [6.45, 7) is 24.9. The van der Waals surface area contributed by atoms with Crippen molar-refractivity contribution in [2.45, 2.75) is 227 Å². The van der Waals surface area contributed by atoms with Crippen LogP contribution in [0.2, 0.25) is 39.3 Å². The third-order valence-corrected chi connectivity index (χ3v) is 15.7. The van der Waals surface area contributed by atoms with E-state index < -0.39 is 89.1 Å². The van der Waals surface area contributed by atoms with E-state index in [-0.39, 0.29) is 161 Å². The van der Waals surface area contributed by atoms with Crippen molar-refractivity contribution in [1.29, 1.82) is 0 Å². The standard InChI is InChI=1S/C12H21FO3Si.C12H22O3Si.C9H14F2O3.C9H12F2O3.C9H13FO3.C9H14O3.B.FH.Na.H/c1-5-15-12(14)9-6-7-11(10(13)8-9)16-17(2,3)4;1-5-14-12(13)10-6-8-11(9-7-10)15-16(2,3)4;2*1-2-14-8(13)6-3-4-7(12)9(10,11)5-6;1-2-13-9(12)6-3-4-8(11)7(10)5-6;1-2-12-9(11)7-3-5-8(10)6-4-7;;;;/h9H,5-8H2,1-4H3;8,10H,5-7,9H2,1-4H3;6-7,12H,2-5H2,1H3;6H,2-5H2,1H3;6-7H,2-5H2,1H3;7H,2-6H2,1H3;;1H;;/q;;;;;;;;+1;-1. The first-order chi connectivity index (χ1) is 40.1. The SMILES string of the molecule is CCOC(=O)C1CC=C(O[Si](C)(C)C)CC1.CCOC(=O)C1CCC(=O)C(F)(F)C1.CCOC(=O)C1CCC(=O)C(F)C1.CCOC(=O)C1CCC(=O)CC1.CCOC(=O)C1CCC(O)C(F)(F)C1.CCOC(=O)C1CCC(O[Si](C)(C)C)=C(F)C1.F.[B].[H-].[Na+]. The summed E-state index contributed by atoms with van der Waals surface area (Å²) < 4.78 is 119. The number of Topliss-reactive ketones (excluding diaryl/α,β-unsaturated/α-hetero) is 3. The number of aliphatic hydroxyl groups excluding tert-OH is 1. The van der Waals surface area contributed by atoms with Crippen molar-refractivity contribution < 1.29 is 148 Å². The van der Waals surface area contributed by atoms with E-state index in [2.05, 4.69) is 35.2 Å². The maximum Gasteiger partial charge on any atom is 1.00 e. The number of halogens is 7. The first-order valence-corrected chi connectivity index (χ1v) is 37.0. The molecule has 4 saturated carbocycles. The van der Waals surface area contributed by atoms with Crippen LogP contribution in [-0.2, 0) is 80.4 Å². The summed E-state index contributed by atoms with van der Waals surface area (Å²) in [6.07, 6.45) is 4.59. The molecule has 6 aliphatic rings. The normalized spacial score (nSPS) is 23.7. The van der Waals surface area contributed by atoms with Crippen molar-refractivity contribution >= 4 is 78.2 Å². The third-order valence-electron chi connectivity index (χ3n) is 14.0. The molecule has 29 heteroatoms. The summed E-state index contributed by atoms with van der Waals surface area (Å²) in [6, 6.07) is 0. The monoisotopic (exact) mass is 1330 g/mol. The Kier molecular flexibility index (Phi) is 44.5. The Labute approximate surface area is 548 Å². The van der Waals surface area contributed by atoms with Crippen LogP contribution in [0.5, 0.6) is 0 Å². The summed E-state index contributed by atoms with van der Waals surface area (Å²) in [5.41, 5.74) is 0. The van der Waals surface area contributed by atoms with Crippen LogP contribution in [0, 0.1) is 35.5 Å². The van der Waals surface area contributed by atoms with Crippen molar-refractivity contribution in [3.63, 3.8) is 0 Å². The minimum absolute atomic E-state index is 0. The van der Waals surface area contributed by atoms with E-state index in [1.54, 1.807) is 34.6 Å². The van der Waals surface area contributed by atoms with Crippen LogP contribution in [0.3, 0.4) is 0 Å². The summed E-state index contributed by atoms with van der Waals surface area (Å²) in [5, 5.41) is 8.96. The van der Waals surface area contributed by atoms with Gasteiger partial charge in [0, 0.05) is 66.2 Å². The summed E-state index contributed by atoms with van der Waals surface area (Å²) in [4.78, 5) is 100.0. The Morgan fingerprint density at radius 1 is 0.539 bits per heavy atom. The summed E-state index contributed by atoms with van der Waals surface area (Å²) >= 11 is 0. The summed E-state index contributed by atoms with van der Waals surface area (Å²) in [5.74, 6) is -10.9. The van der Waals surface area contributed by atoms with Crippen LogP contribution in [-0.4, -0.2) is 147 Å². The topological polar surface area (TPSA) is 248 Å². The second-order valence-corrected chi connectivity index (χ2v) is 32.2. The molecule has 1 N–H and O–H groups in total. The van der Waals surface area contributed by atoms with Gasteiger partial charge >= 0.3 is 71.3 Å². The summed E-state index contributed by atoms with van der Waals surface area (Å²) in [7, 11) is -3.26. The molecule has 89 heavy (non-hydrogen) atoms. The molecule has 507 valence electrons. The molecule has 0 amide bonds. The number of allylic oxidation sites excluding steroid dienone is 4. The van der Waals surface area contributed by atoms with E-state index in [0.29, 0.717) is 77.1 Å². The molecule has 0 spiro atoms. The molecule has 6 rings (SSSR count). The third kappa shape index (κ3) is 35.5. The van der Waals surface area contributed by atoms with E-state index in [9.17, 15) is 69.5 Å². The minimum atomic E-state index is -3.35. The Morgan fingerprint density at radius 2 is 0.933 bits per heavy atom. The second kappa shape index (κ2) is 44.4. The zero-order chi connectivity index (χ0) is 65.6. The van der Waals surface area contributed by atoms with Gasteiger partial charge in [-0.3, -0.25) is 47.9 Å². The number of rotatable bonds is 16. The first kappa shape index (κ1) is 89.1. The van der Waals surface area contributed by atoms with Crippen LogP contribution in [0.25, 0.3) is 0 Å². The largest absolute Gasteiger partial charge is 1.00 e. The number of carbonyl (C=O) groups excluding carboxylic acids is 9. The van der Waals surface area contributed by atoms with Gasteiger partial charge in [0.1, 0.15) is 23.5 Å². The maximum absolute atomic E-state index is 13.8. The zero-order valence-electron chi connectivity index (χ0n) is 55.5. The van der Waals surface area contributed by atoms with Crippen LogP contribution >= 0.6 is 0 Å². The van der Waals surface area contributed by atoms with Gasteiger partial charge < -0.3 is 43.8 Å². The number of ketones is 3. The fraction of sp³-hybridized carbons (Fsp3) is 0.783. The van der Waals surface area contributed by atoms with Gasteiger partial charge in [-0.25, -0.2) is 17.6 Å². The Balaban J connectivity index is -0.000000490. The zero-order valence-corrected chi connectivity index (χ0v) is 58.5. The quantitative estimate of drug-likeness (QED) is 0.0656. The van der Waals surface area contributed by atoms with Crippen LogP contribution < -0.4 is 29.6 Å². The molecule has 6 aliphatic carbocycles. The van der Waals surface area contributed by atoms with E-state index in [1.165, 1.54) is 0 Å². The molecule has 0 aromatic heterocycles. The number of hydrogen-bond acceptors (Lipinski definition) is 18. The molecule has 18 nitrogen and oxygen atoms in total. The average Bonchev–Trinajstić information content (AvgIpc) is 3.46. The molecule has 0 aromatic rings. The van der Waals surface area contributed by atoms with Crippen molar-refractivity contribution in [3.8, 4) is 0 Å². The number of alkyl halides is 5. The Bertz CT molecular complexity index is 2280. The molecule has 0 heterocycles. The molecular formula is C60H98BF7NaO18Si2. The number of aliphatic hydroxyl groups is 1. The second-order valence-electron chi connectivity index (χ2n) is 23.4. The predicted octanol–water partition coefficient (Wildman–Crippen LogP) is 8.82. The number of carbonyl (C=O) groups is 9. The van der Waals surface area contributed by atoms with Crippen LogP contribution in [0.4, 0.5) is 31.0 Å². The van der Waals surface area contributed by atoms with Crippen LogP contribution in [0.15, 0.2) is 23.4 Å². The Hall–Kier alpha value is -4.12. The van der Waals surface area contributed by atoms with Gasteiger partial charge in [0.2, 0.25) is 22.4 Å².